The van der Waals surface area contributed by atoms with Crippen LogP contribution in [0.3, 0.4) is 0 Å². The molecule has 0 fully saturated rings. The van der Waals surface area contributed by atoms with Gasteiger partial charge < -0.3 is 4.90 Å². The molecule has 3 N–H and O–H groups in total. The second-order valence-electron chi connectivity index (χ2n) is 2.91. The third-order valence-electron chi connectivity index (χ3n) is 1.71. The molecular weight excluding hydrogens is 182 g/mol. The molecule has 78 valence electrons. The van der Waals surface area contributed by atoms with Crippen LogP contribution in [0.2, 0.25) is 0 Å². The van der Waals surface area contributed by atoms with Gasteiger partial charge in [-0.3, -0.25) is 15.0 Å². The van der Waals surface area contributed by atoms with E-state index in [2.05, 4.69) is 0 Å². The van der Waals surface area contributed by atoms with E-state index in [0.717, 1.165) is 11.8 Å². The van der Waals surface area contributed by atoms with Crippen LogP contribution in [-0.2, 0) is 9.59 Å². The highest BCUT2D eigenvalue weighted by atomic mass is 16.2. The Bertz CT molecular complexity index is 280. The predicted molar refractivity (Wildman–Crippen MR) is 53.9 cm³/mol. The van der Waals surface area contributed by atoms with Crippen LogP contribution in [-0.4, -0.2) is 31.2 Å². The molecule has 0 unspecified atom stereocenters. The van der Waals surface area contributed by atoms with E-state index in [0.29, 0.717) is 6.29 Å². The summed E-state index contributed by atoms with van der Waals surface area (Å²) in [5.41, 5.74) is 3.04. The van der Waals surface area contributed by atoms with Gasteiger partial charge in [-0.25, -0.2) is 5.84 Å². The normalized spacial score (nSPS) is 12.3. The lowest BCUT2D eigenvalue weighted by Crippen LogP contribution is -2.31. The molecule has 5 nitrogen and oxygen atoms in total. The summed E-state index contributed by atoms with van der Waals surface area (Å²) in [4.78, 5) is 23.2. The lowest BCUT2D eigenvalue weighted by Gasteiger charge is -2.12. The summed E-state index contributed by atoms with van der Waals surface area (Å²) in [6.07, 6.45) is 3.29. The summed E-state index contributed by atoms with van der Waals surface area (Å²) < 4.78 is 0. The number of rotatable bonds is 4. The van der Waals surface area contributed by atoms with Crippen LogP contribution in [0.1, 0.15) is 6.92 Å². The van der Waals surface area contributed by atoms with Gasteiger partial charge in [0.25, 0.3) is 5.91 Å². The number of nitrogens with two attached hydrogens (primary N) is 1. The minimum absolute atomic E-state index is 0.230. The number of amides is 1. The Labute approximate surface area is 83.2 Å². The first-order valence-electron chi connectivity index (χ1n) is 4.05. The van der Waals surface area contributed by atoms with E-state index in [1.807, 2.05) is 31.3 Å². The minimum atomic E-state index is -0.488. The van der Waals surface area contributed by atoms with Crippen LogP contribution in [0, 0.1) is 0 Å². The SMILES string of the molecule is C/C(=C/C(=C\C=O)C(=O)NN)N(C)C. The number of hydrogen-bond acceptors (Lipinski definition) is 4. The zero-order valence-corrected chi connectivity index (χ0v) is 8.57. The maximum Gasteiger partial charge on any atom is 0.265 e. The summed E-state index contributed by atoms with van der Waals surface area (Å²) in [5, 5.41) is 0. The highest BCUT2D eigenvalue weighted by molar-refractivity contribution is 5.98. The molecule has 0 aromatic rings. The van der Waals surface area contributed by atoms with Gasteiger partial charge in [-0.05, 0) is 19.1 Å². The highest BCUT2D eigenvalue weighted by Gasteiger charge is 2.05. The summed E-state index contributed by atoms with van der Waals surface area (Å²) in [7, 11) is 3.68. The van der Waals surface area contributed by atoms with E-state index in [1.54, 1.807) is 6.08 Å². The smallest absolute Gasteiger partial charge is 0.265 e. The molecular formula is C9H15N3O2. The van der Waals surface area contributed by atoms with Crippen LogP contribution in [0.15, 0.2) is 23.4 Å². The van der Waals surface area contributed by atoms with Gasteiger partial charge in [0.15, 0.2) is 0 Å². The molecule has 5 heteroatoms. The van der Waals surface area contributed by atoms with Crippen LogP contribution < -0.4 is 11.3 Å². The monoisotopic (exact) mass is 197 g/mol. The maximum absolute atomic E-state index is 11.1. The van der Waals surface area contributed by atoms with Crippen molar-refractivity contribution in [2.45, 2.75) is 6.92 Å². The molecule has 0 bridgehead atoms. The molecule has 0 saturated carbocycles. The van der Waals surface area contributed by atoms with Crippen molar-refractivity contribution in [3.63, 3.8) is 0 Å². The summed E-state index contributed by atoms with van der Waals surface area (Å²) >= 11 is 0. The average Bonchev–Trinajstić information content (AvgIpc) is 2.15. The first-order valence-corrected chi connectivity index (χ1v) is 4.05. The number of carbonyl (C=O) groups excluding carboxylic acids is 2. The molecule has 1 amide bonds. The van der Waals surface area contributed by atoms with E-state index in [1.165, 1.54) is 0 Å². The Morgan fingerprint density at radius 3 is 2.36 bits per heavy atom. The third kappa shape index (κ3) is 3.86. The number of carbonyl (C=O) groups is 2. The molecule has 0 aliphatic carbocycles. The summed E-state index contributed by atoms with van der Waals surface area (Å²) in [6.45, 7) is 1.82. The molecule has 14 heavy (non-hydrogen) atoms. The first-order chi connectivity index (χ1) is 6.52. The Balaban J connectivity index is 4.87. The second-order valence-corrected chi connectivity index (χ2v) is 2.91. The van der Waals surface area contributed by atoms with E-state index in [9.17, 15) is 9.59 Å². The maximum atomic E-state index is 11.1. The Morgan fingerprint density at radius 2 is 2.00 bits per heavy atom. The van der Waals surface area contributed by atoms with Crippen LogP contribution in [0.25, 0.3) is 0 Å². The Hall–Kier alpha value is -1.62. The average molecular weight is 197 g/mol. The quantitative estimate of drug-likeness (QED) is 0.160. The molecule has 0 aromatic carbocycles. The number of nitrogens with one attached hydrogen (secondary N) is 1. The van der Waals surface area contributed by atoms with Crippen molar-refractivity contribution in [1.82, 2.24) is 10.3 Å². The van der Waals surface area contributed by atoms with Gasteiger partial charge in [0.1, 0.15) is 6.29 Å². The van der Waals surface area contributed by atoms with E-state index < -0.39 is 5.91 Å². The molecule has 0 aliphatic heterocycles. The van der Waals surface area contributed by atoms with Crippen LogP contribution >= 0.6 is 0 Å². The topological polar surface area (TPSA) is 75.4 Å². The van der Waals surface area contributed by atoms with Crippen molar-refractivity contribution in [3.8, 4) is 0 Å². The lowest BCUT2D eigenvalue weighted by molar-refractivity contribution is -0.117. The summed E-state index contributed by atoms with van der Waals surface area (Å²) in [6, 6.07) is 0. The number of hydrogen-bond donors (Lipinski definition) is 2. The Morgan fingerprint density at radius 1 is 1.43 bits per heavy atom. The molecule has 0 aliphatic rings. The van der Waals surface area contributed by atoms with Crippen molar-refractivity contribution in [2.24, 2.45) is 5.84 Å². The third-order valence-corrected chi connectivity index (χ3v) is 1.71. The number of nitrogens with zero attached hydrogens (tertiary/aromatic N) is 1. The van der Waals surface area contributed by atoms with Gasteiger partial charge in [0, 0.05) is 25.4 Å². The van der Waals surface area contributed by atoms with Crippen molar-refractivity contribution in [1.29, 1.82) is 0 Å². The van der Waals surface area contributed by atoms with Gasteiger partial charge in [-0.1, -0.05) is 0 Å². The van der Waals surface area contributed by atoms with E-state index in [4.69, 9.17) is 5.84 Å². The second kappa shape index (κ2) is 5.93. The fourth-order valence-corrected chi connectivity index (χ4v) is 0.700. The van der Waals surface area contributed by atoms with E-state index >= 15 is 0 Å². The van der Waals surface area contributed by atoms with Gasteiger partial charge in [0.2, 0.25) is 0 Å². The molecule has 0 rings (SSSR count). The predicted octanol–water partition coefficient (Wildman–Crippen LogP) is -0.433. The summed E-state index contributed by atoms with van der Waals surface area (Å²) in [5.74, 6) is 4.47. The van der Waals surface area contributed by atoms with Crippen molar-refractivity contribution < 1.29 is 9.59 Å². The minimum Gasteiger partial charge on any atom is -0.381 e. The highest BCUT2D eigenvalue weighted by Crippen LogP contribution is 2.03. The first kappa shape index (κ1) is 12.4. The van der Waals surface area contributed by atoms with E-state index in [-0.39, 0.29) is 5.57 Å². The van der Waals surface area contributed by atoms with Crippen molar-refractivity contribution >= 4 is 12.2 Å². The van der Waals surface area contributed by atoms with Gasteiger partial charge >= 0.3 is 0 Å². The van der Waals surface area contributed by atoms with Crippen molar-refractivity contribution in [3.05, 3.63) is 23.4 Å². The molecule has 0 spiro atoms. The molecule has 0 radical (unpaired) electrons. The van der Waals surface area contributed by atoms with Crippen LogP contribution in [0.4, 0.5) is 0 Å². The van der Waals surface area contributed by atoms with Gasteiger partial charge in [-0.15, -0.1) is 0 Å². The lowest BCUT2D eigenvalue weighted by atomic mass is 10.2. The molecule has 0 aromatic heterocycles. The zero-order valence-electron chi connectivity index (χ0n) is 8.57. The number of aldehydes is 1. The molecule has 0 saturated heterocycles. The standard InChI is InChI=1S/C9H15N3O2/c1-7(12(2)3)6-8(4-5-13)9(14)11-10/h4-6H,10H2,1-3H3,(H,11,14)/b7-6-,8-4+. The number of hydrazine groups is 1. The van der Waals surface area contributed by atoms with Crippen LogP contribution in [0.5, 0.6) is 0 Å². The fraction of sp³-hybridized carbons (Fsp3) is 0.333. The Kier molecular flexibility index (Phi) is 5.24. The zero-order chi connectivity index (χ0) is 11.1. The fourth-order valence-electron chi connectivity index (χ4n) is 0.700. The number of allylic oxidation sites excluding steroid dienone is 2. The molecule has 0 atom stereocenters. The largest absolute Gasteiger partial charge is 0.381 e. The van der Waals surface area contributed by atoms with Crippen molar-refractivity contribution in [2.75, 3.05) is 14.1 Å². The van der Waals surface area contributed by atoms with Gasteiger partial charge in [0.05, 0.1) is 0 Å². The molecule has 0 heterocycles. The van der Waals surface area contributed by atoms with Gasteiger partial charge in [-0.2, -0.15) is 0 Å².